The van der Waals surface area contributed by atoms with E-state index in [4.69, 9.17) is 5.11 Å². The Bertz CT molecular complexity index is 390. The van der Waals surface area contributed by atoms with Crippen molar-refractivity contribution in [3.63, 3.8) is 0 Å². The van der Waals surface area contributed by atoms with Gasteiger partial charge in [0.2, 0.25) is 0 Å². The molecular weight excluding hydrogens is 226 g/mol. The summed E-state index contributed by atoms with van der Waals surface area (Å²) in [7, 11) is -2.33. The molecule has 0 aromatic carbocycles. The lowest BCUT2D eigenvalue weighted by molar-refractivity contribution is 0.491. The van der Waals surface area contributed by atoms with Crippen LogP contribution in [0, 0.1) is 0 Å². The van der Waals surface area contributed by atoms with Gasteiger partial charge < -0.3 is 16.6 Å². The highest BCUT2D eigenvalue weighted by Gasteiger charge is 1.95. The van der Waals surface area contributed by atoms with Gasteiger partial charge in [0.15, 0.2) is 5.06 Å². The predicted octanol–water partition coefficient (Wildman–Crippen LogP) is 1.09. The molecule has 0 aliphatic rings. The predicted molar refractivity (Wildman–Crippen MR) is 55.7 cm³/mol. The summed E-state index contributed by atoms with van der Waals surface area (Å²) in [4.78, 5) is 0. The van der Waals surface area contributed by atoms with E-state index in [1.165, 1.54) is 11.3 Å². The molecule has 0 amide bonds. The Hall–Kier alpha value is -1.12. The monoisotopic (exact) mass is 237 g/mol. The van der Waals surface area contributed by atoms with Crippen LogP contribution >= 0.6 is 11.3 Å². The van der Waals surface area contributed by atoms with Crippen molar-refractivity contribution in [1.82, 2.24) is 6.15 Å². The lowest BCUT2D eigenvalue weighted by Crippen LogP contribution is -2.02. The van der Waals surface area contributed by atoms with Crippen molar-refractivity contribution in [2.75, 3.05) is 18.4 Å². The largest absolute Gasteiger partial charge is 0.499 e. The van der Waals surface area contributed by atoms with Crippen LogP contribution in [0.2, 0.25) is 0 Å². The molecule has 1 rings (SSSR count). The van der Waals surface area contributed by atoms with E-state index < -0.39 is 10.5 Å². The molecule has 0 saturated carbocycles. The fourth-order valence-corrected chi connectivity index (χ4v) is 1.63. The molecule has 8 heteroatoms. The van der Waals surface area contributed by atoms with Gasteiger partial charge in [0.25, 0.3) is 0 Å². The summed E-state index contributed by atoms with van der Waals surface area (Å²) in [5, 5.41) is 12.9. The molecule has 5 N–H and O–H groups in total. The molecule has 14 heavy (non-hydrogen) atoms. The van der Waals surface area contributed by atoms with Crippen molar-refractivity contribution in [1.29, 1.82) is 0 Å². The molecular formula is C6H11N3O3S2. The first-order valence-corrected chi connectivity index (χ1v) is 5.33. The van der Waals surface area contributed by atoms with E-state index in [-0.39, 0.29) is 17.8 Å². The summed E-state index contributed by atoms with van der Waals surface area (Å²) in [6.45, 7) is 0.642. The average Bonchev–Trinajstić information content (AvgIpc) is 2.45. The van der Waals surface area contributed by atoms with Crippen LogP contribution in [-0.4, -0.2) is 26.6 Å². The minimum Gasteiger partial charge on any atom is -0.499 e. The fourth-order valence-electron chi connectivity index (χ4n) is 0.722. The van der Waals surface area contributed by atoms with Crippen LogP contribution in [-0.2, 0) is 10.5 Å². The van der Waals surface area contributed by atoms with Crippen molar-refractivity contribution in [3.8, 4) is 5.06 Å². The number of rotatable bonds is 4. The molecule has 0 saturated heterocycles. The summed E-state index contributed by atoms with van der Waals surface area (Å²) in [5.41, 5.74) is 0. The lowest BCUT2D eigenvalue weighted by Gasteiger charge is -1.96. The molecule has 6 nitrogen and oxygen atoms in total. The molecule has 1 aromatic heterocycles. The topological polar surface area (TPSA) is 114 Å². The van der Waals surface area contributed by atoms with E-state index >= 15 is 0 Å². The summed E-state index contributed by atoms with van der Waals surface area (Å²) < 4.78 is 23.2. The van der Waals surface area contributed by atoms with Crippen LogP contribution < -0.4 is 11.5 Å². The standard InChI is InChI=1S/C6H8N2O3S2.H3N/c9-6-2-1-5(12-6)7-3-4-8-13(10)11;/h1-2,7,9H,3-4H2;1H3. The van der Waals surface area contributed by atoms with E-state index in [9.17, 15) is 8.42 Å². The SMILES string of the molecule is N.O=S(=O)=NCCNc1ccc(O)s1. The van der Waals surface area contributed by atoms with E-state index in [0.29, 0.717) is 6.54 Å². The lowest BCUT2D eigenvalue weighted by atomic mass is 10.6. The highest BCUT2D eigenvalue weighted by molar-refractivity contribution is 7.61. The number of anilines is 1. The van der Waals surface area contributed by atoms with Gasteiger partial charge in [-0.2, -0.15) is 12.8 Å². The summed E-state index contributed by atoms with van der Waals surface area (Å²) in [5.74, 6) is 0. The molecule has 0 radical (unpaired) electrons. The number of thiophene rings is 1. The smallest absolute Gasteiger partial charge is 0.311 e. The molecule has 0 spiro atoms. The van der Waals surface area contributed by atoms with E-state index in [0.717, 1.165) is 5.00 Å². The molecule has 1 heterocycles. The molecule has 0 atom stereocenters. The minimum absolute atomic E-state index is 0. The zero-order valence-electron chi connectivity index (χ0n) is 7.30. The zero-order valence-corrected chi connectivity index (χ0v) is 8.94. The summed E-state index contributed by atoms with van der Waals surface area (Å²) >= 11 is 1.20. The van der Waals surface area contributed by atoms with Crippen molar-refractivity contribution < 1.29 is 13.5 Å². The van der Waals surface area contributed by atoms with Gasteiger partial charge >= 0.3 is 10.5 Å². The van der Waals surface area contributed by atoms with Crippen LogP contribution in [0.25, 0.3) is 0 Å². The highest BCUT2D eigenvalue weighted by atomic mass is 32.2. The van der Waals surface area contributed by atoms with Gasteiger partial charge in [0.1, 0.15) is 0 Å². The molecule has 0 aliphatic carbocycles. The van der Waals surface area contributed by atoms with Crippen molar-refractivity contribution in [2.24, 2.45) is 4.36 Å². The number of nitrogens with zero attached hydrogens (tertiary/aromatic N) is 1. The Kier molecular flexibility index (Phi) is 5.84. The number of hydrogen-bond acceptors (Lipinski definition) is 7. The number of aromatic hydroxyl groups is 1. The molecule has 1 aromatic rings. The molecule has 0 unspecified atom stereocenters. The van der Waals surface area contributed by atoms with Crippen LogP contribution in [0.4, 0.5) is 5.00 Å². The Morgan fingerprint density at radius 2 is 2.21 bits per heavy atom. The molecule has 0 aliphatic heterocycles. The maximum absolute atomic E-state index is 9.98. The first-order valence-electron chi connectivity index (χ1n) is 3.48. The third-order valence-electron chi connectivity index (χ3n) is 1.20. The van der Waals surface area contributed by atoms with E-state index in [1.807, 2.05) is 0 Å². The van der Waals surface area contributed by atoms with Gasteiger partial charge in [-0.1, -0.05) is 11.3 Å². The van der Waals surface area contributed by atoms with Gasteiger partial charge in [-0.15, -0.1) is 0 Å². The normalized spacial score (nSPS) is 8.86. The second-order valence-corrected chi connectivity index (χ2v) is 3.89. The van der Waals surface area contributed by atoms with Crippen molar-refractivity contribution >= 4 is 26.8 Å². The van der Waals surface area contributed by atoms with Crippen LogP contribution in [0.5, 0.6) is 5.06 Å². The van der Waals surface area contributed by atoms with Crippen molar-refractivity contribution in [2.45, 2.75) is 0 Å². The Labute approximate surface area is 86.9 Å². The van der Waals surface area contributed by atoms with E-state index in [1.54, 1.807) is 12.1 Å². The number of hydrogen-bond donors (Lipinski definition) is 3. The summed E-state index contributed by atoms with van der Waals surface area (Å²) in [6, 6.07) is 3.28. The third-order valence-corrected chi connectivity index (χ3v) is 2.44. The van der Waals surface area contributed by atoms with Crippen LogP contribution in [0.1, 0.15) is 0 Å². The zero-order chi connectivity index (χ0) is 9.68. The van der Waals surface area contributed by atoms with Crippen molar-refractivity contribution in [3.05, 3.63) is 12.1 Å². The Morgan fingerprint density at radius 3 is 2.71 bits per heavy atom. The van der Waals surface area contributed by atoms with Crippen LogP contribution in [0.15, 0.2) is 16.5 Å². The quantitative estimate of drug-likeness (QED) is 0.678. The first kappa shape index (κ1) is 12.9. The fraction of sp³-hybridized carbons (Fsp3) is 0.333. The van der Waals surface area contributed by atoms with E-state index in [2.05, 4.69) is 9.68 Å². The number of nitrogens with one attached hydrogen (secondary N) is 1. The minimum atomic E-state index is -2.33. The van der Waals surface area contributed by atoms with Crippen LogP contribution in [0.3, 0.4) is 0 Å². The third kappa shape index (κ3) is 4.80. The Balaban J connectivity index is 0.00000169. The second kappa shape index (κ2) is 6.35. The van der Waals surface area contributed by atoms with Gasteiger partial charge in [0.05, 0.1) is 11.5 Å². The molecule has 80 valence electrons. The van der Waals surface area contributed by atoms with Gasteiger partial charge in [0, 0.05) is 6.54 Å². The summed E-state index contributed by atoms with van der Waals surface area (Å²) in [6.07, 6.45) is 0. The van der Waals surface area contributed by atoms with Gasteiger partial charge in [-0.05, 0) is 12.1 Å². The highest BCUT2D eigenvalue weighted by Crippen LogP contribution is 2.26. The van der Waals surface area contributed by atoms with Gasteiger partial charge in [-0.25, -0.2) is 0 Å². The molecule has 0 fully saturated rings. The average molecular weight is 237 g/mol. The maximum atomic E-state index is 9.98. The second-order valence-electron chi connectivity index (χ2n) is 2.13. The maximum Gasteiger partial charge on any atom is 0.311 e. The Morgan fingerprint density at radius 1 is 1.50 bits per heavy atom. The molecule has 0 bridgehead atoms. The first-order chi connectivity index (χ1) is 6.18. The van der Waals surface area contributed by atoms with Gasteiger partial charge in [-0.3, -0.25) is 0 Å².